The number of pyridine rings is 1. The Morgan fingerprint density at radius 3 is 2.80 bits per heavy atom. The fourth-order valence-corrected chi connectivity index (χ4v) is 1.67. The summed E-state index contributed by atoms with van der Waals surface area (Å²) in [6, 6.07) is 5.32. The van der Waals surface area contributed by atoms with Gasteiger partial charge in [0.25, 0.3) is 0 Å². The predicted molar refractivity (Wildman–Crippen MR) is 60.1 cm³/mol. The summed E-state index contributed by atoms with van der Waals surface area (Å²) in [5.41, 5.74) is 8.37. The van der Waals surface area contributed by atoms with Crippen LogP contribution in [0.3, 0.4) is 0 Å². The van der Waals surface area contributed by atoms with E-state index in [9.17, 15) is 4.79 Å². The molecule has 0 aromatic carbocycles. The minimum Gasteiger partial charge on any atom is -0.323 e. The zero-order valence-corrected chi connectivity index (χ0v) is 8.90. The number of ketones is 1. The summed E-state index contributed by atoms with van der Waals surface area (Å²) in [6.45, 7) is 3.73. The average molecular weight is 202 g/mol. The van der Waals surface area contributed by atoms with Crippen LogP contribution >= 0.6 is 0 Å². The van der Waals surface area contributed by atoms with Gasteiger partial charge in [0.05, 0.1) is 11.6 Å². The van der Waals surface area contributed by atoms with Crippen LogP contribution in [-0.2, 0) is 0 Å². The van der Waals surface area contributed by atoms with Crippen LogP contribution in [0, 0.1) is 6.92 Å². The molecule has 0 bridgehead atoms. The summed E-state index contributed by atoms with van der Waals surface area (Å²) >= 11 is 0. The fraction of sp³-hybridized carbons (Fsp3) is 0.250. The van der Waals surface area contributed by atoms with E-state index in [0.717, 1.165) is 11.1 Å². The van der Waals surface area contributed by atoms with Crippen molar-refractivity contribution in [2.24, 2.45) is 5.73 Å². The lowest BCUT2D eigenvalue weighted by molar-refractivity contribution is 0.0969. The molecule has 0 fully saturated rings. The molecule has 2 N–H and O–H groups in total. The van der Waals surface area contributed by atoms with E-state index in [2.05, 4.69) is 0 Å². The molecule has 2 heterocycles. The van der Waals surface area contributed by atoms with Crippen LogP contribution in [0.2, 0.25) is 0 Å². The zero-order chi connectivity index (χ0) is 11.0. The molecule has 3 heteroatoms. The van der Waals surface area contributed by atoms with E-state index in [1.54, 1.807) is 6.92 Å². The molecular weight excluding hydrogens is 188 g/mol. The van der Waals surface area contributed by atoms with Gasteiger partial charge < -0.3 is 10.1 Å². The van der Waals surface area contributed by atoms with Crippen LogP contribution in [-0.4, -0.2) is 16.2 Å². The number of hydrogen-bond acceptors (Lipinski definition) is 2. The van der Waals surface area contributed by atoms with Gasteiger partial charge in [-0.2, -0.15) is 0 Å². The number of fused-ring (bicyclic) bond motifs is 1. The first kappa shape index (κ1) is 9.93. The number of nitrogens with two attached hydrogens (primary N) is 1. The third-order valence-corrected chi connectivity index (χ3v) is 2.48. The van der Waals surface area contributed by atoms with E-state index in [-0.39, 0.29) is 5.78 Å². The number of hydrogen-bond donors (Lipinski definition) is 1. The first-order valence-electron chi connectivity index (χ1n) is 4.96. The smallest absolute Gasteiger partial charge is 0.181 e. The Morgan fingerprint density at radius 2 is 2.13 bits per heavy atom. The molecule has 78 valence electrons. The van der Waals surface area contributed by atoms with Crippen molar-refractivity contribution in [1.29, 1.82) is 0 Å². The maximum Gasteiger partial charge on any atom is 0.181 e. The molecule has 1 unspecified atom stereocenters. The Morgan fingerprint density at radius 1 is 1.40 bits per heavy atom. The summed E-state index contributed by atoms with van der Waals surface area (Å²) in [6.07, 6.45) is 3.88. The number of carbonyl (C=O) groups excluding carboxylic acids is 1. The molecule has 3 nitrogen and oxygen atoms in total. The number of aryl methyl sites for hydroxylation is 1. The minimum absolute atomic E-state index is 0.0126. The topological polar surface area (TPSA) is 47.5 Å². The number of rotatable bonds is 2. The maximum absolute atomic E-state index is 11.8. The fourth-order valence-electron chi connectivity index (χ4n) is 1.67. The first-order valence-corrected chi connectivity index (χ1v) is 4.96. The molecule has 0 spiro atoms. The van der Waals surface area contributed by atoms with E-state index in [4.69, 9.17) is 5.73 Å². The Kier molecular flexibility index (Phi) is 2.32. The van der Waals surface area contributed by atoms with E-state index in [1.807, 2.05) is 41.9 Å². The maximum atomic E-state index is 11.8. The minimum atomic E-state index is -0.447. The van der Waals surface area contributed by atoms with Crippen molar-refractivity contribution in [2.45, 2.75) is 19.9 Å². The highest BCUT2D eigenvalue weighted by Crippen LogP contribution is 2.15. The molecule has 15 heavy (non-hydrogen) atoms. The summed E-state index contributed by atoms with van der Waals surface area (Å²) < 4.78 is 1.95. The van der Waals surface area contributed by atoms with Crippen LogP contribution in [0.1, 0.15) is 22.8 Å². The molecule has 0 radical (unpaired) electrons. The average Bonchev–Trinajstić information content (AvgIpc) is 2.59. The van der Waals surface area contributed by atoms with Gasteiger partial charge >= 0.3 is 0 Å². The van der Waals surface area contributed by atoms with Crippen LogP contribution in [0.4, 0.5) is 0 Å². The molecule has 0 saturated heterocycles. The first-order chi connectivity index (χ1) is 7.09. The summed E-state index contributed by atoms with van der Waals surface area (Å²) in [5, 5.41) is 0. The van der Waals surface area contributed by atoms with Crippen LogP contribution in [0.15, 0.2) is 30.6 Å². The Bertz CT molecular complexity index is 511. The van der Waals surface area contributed by atoms with Gasteiger partial charge in [0.2, 0.25) is 0 Å². The van der Waals surface area contributed by atoms with Gasteiger partial charge in [-0.1, -0.05) is 6.07 Å². The molecule has 2 aromatic heterocycles. The van der Waals surface area contributed by atoms with Gasteiger partial charge in [-0.15, -0.1) is 0 Å². The molecule has 2 rings (SSSR count). The monoisotopic (exact) mass is 202 g/mol. The quantitative estimate of drug-likeness (QED) is 0.754. The molecule has 0 aliphatic carbocycles. The normalized spacial score (nSPS) is 13.0. The molecule has 0 aliphatic rings. The number of carbonyl (C=O) groups is 1. The van der Waals surface area contributed by atoms with Crippen LogP contribution < -0.4 is 5.73 Å². The molecule has 0 saturated carbocycles. The second-order valence-electron chi connectivity index (χ2n) is 3.88. The van der Waals surface area contributed by atoms with Crippen molar-refractivity contribution in [2.75, 3.05) is 0 Å². The van der Waals surface area contributed by atoms with Gasteiger partial charge in [0.1, 0.15) is 0 Å². The van der Waals surface area contributed by atoms with Crippen molar-refractivity contribution in [3.8, 4) is 0 Å². The Labute approximate surface area is 88.5 Å². The molecular formula is C12H14N2O. The highest BCUT2D eigenvalue weighted by molar-refractivity contribution is 6.05. The van der Waals surface area contributed by atoms with Gasteiger partial charge in [0.15, 0.2) is 5.78 Å². The third kappa shape index (κ3) is 1.66. The van der Waals surface area contributed by atoms with Crippen molar-refractivity contribution in [1.82, 2.24) is 4.40 Å². The lowest BCUT2D eigenvalue weighted by Crippen LogP contribution is -2.26. The van der Waals surface area contributed by atoms with Crippen molar-refractivity contribution < 1.29 is 4.79 Å². The summed E-state index contributed by atoms with van der Waals surface area (Å²) in [5.74, 6) is -0.0126. The second kappa shape index (κ2) is 3.51. The molecule has 1 atom stereocenters. The predicted octanol–water partition coefficient (Wildman–Crippen LogP) is 1.78. The largest absolute Gasteiger partial charge is 0.323 e. The van der Waals surface area contributed by atoms with E-state index < -0.39 is 6.04 Å². The van der Waals surface area contributed by atoms with Gasteiger partial charge in [-0.25, -0.2) is 0 Å². The van der Waals surface area contributed by atoms with E-state index in [1.165, 1.54) is 0 Å². The van der Waals surface area contributed by atoms with E-state index >= 15 is 0 Å². The Hall–Kier alpha value is -1.61. The second-order valence-corrected chi connectivity index (χ2v) is 3.88. The summed E-state index contributed by atoms with van der Waals surface area (Å²) in [7, 11) is 0. The van der Waals surface area contributed by atoms with Crippen LogP contribution in [0.25, 0.3) is 5.52 Å². The van der Waals surface area contributed by atoms with Crippen molar-refractivity contribution >= 4 is 11.3 Å². The third-order valence-electron chi connectivity index (χ3n) is 2.48. The summed E-state index contributed by atoms with van der Waals surface area (Å²) in [4.78, 5) is 11.8. The van der Waals surface area contributed by atoms with Gasteiger partial charge in [-0.05, 0) is 31.5 Å². The number of nitrogens with zero attached hydrogens (tertiary/aromatic N) is 1. The van der Waals surface area contributed by atoms with Crippen molar-refractivity contribution in [3.63, 3.8) is 0 Å². The lowest BCUT2D eigenvalue weighted by atomic mass is 10.1. The molecule has 0 amide bonds. The number of Topliss-reactive ketones (excluding diaryl/α,β-unsaturated/α-hetero) is 1. The van der Waals surface area contributed by atoms with Gasteiger partial charge in [0, 0.05) is 18.0 Å². The standard InChI is InChI=1S/C12H14N2O/c1-8-3-4-11-10(12(15)9(2)13)5-6-14(11)7-8/h3-7,9H,13H2,1-2H3. The van der Waals surface area contributed by atoms with Crippen LogP contribution in [0.5, 0.6) is 0 Å². The SMILES string of the molecule is Cc1ccc2c(C(=O)C(C)N)ccn2c1. The highest BCUT2D eigenvalue weighted by atomic mass is 16.1. The number of aromatic nitrogens is 1. The van der Waals surface area contributed by atoms with Crippen molar-refractivity contribution in [3.05, 3.63) is 41.7 Å². The Balaban J connectivity index is 2.59. The lowest BCUT2D eigenvalue weighted by Gasteiger charge is -2.03. The van der Waals surface area contributed by atoms with Gasteiger partial charge in [-0.3, -0.25) is 4.79 Å². The zero-order valence-electron chi connectivity index (χ0n) is 8.90. The molecule has 0 aliphatic heterocycles. The molecule has 2 aromatic rings. The highest BCUT2D eigenvalue weighted by Gasteiger charge is 2.14. The van der Waals surface area contributed by atoms with E-state index in [0.29, 0.717) is 5.56 Å².